The van der Waals surface area contributed by atoms with Crippen LogP contribution >= 0.6 is 0 Å². The van der Waals surface area contributed by atoms with Gasteiger partial charge < -0.3 is 0 Å². The van der Waals surface area contributed by atoms with E-state index in [0.717, 1.165) is 6.42 Å². The van der Waals surface area contributed by atoms with Gasteiger partial charge in [-0.05, 0) is 23.1 Å². The molecule has 1 aliphatic rings. The van der Waals surface area contributed by atoms with Crippen molar-refractivity contribution in [3.8, 4) is 0 Å². The Hall–Kier alpha value is -1.56. The molecule has 0 heteroatoms. The molecule has 0 amide bonds. The molecule has 0 nitrogen and oxygen atoms in total. The van der Waals surface area contributed by atoms with Gasteiger partial charge in [0, 0.05) is 0 Å². The zero-order chi connectivity index (χ0) is 9.26. The average Bonchev–Trinajstić information content (AvgIpc) is 2.16. The number of hydrogen-bond donors (Lipinski definition) is 0. The highest BCUT2D eigenvalue weighted by molar-refractivity contribution is 5.64. The van der Waals surface area contributed by atoms with Crippen LogP contribution in [0, 0.1) is 0 Å². The molecule has 0 fully saturated rings. The van der Waals surface area contributed by atoms with Crippen LogP contribution in [-0.4, -0.2) is 0 Å². The minimum absolute atomic E-state index is 0.966. The minimum Gasteiger partial charge on any atom is -0.0985 e. The Bertz CT molecular complexity index is 394. The van der Waals surface area contributed by atoms with Crippen molar-refractivity contribution in [2.75, 3.05) is 0 Å². The lowest BCUT2D eigenvalue weighted by Crippen LogP contribution is -1.96. The topological polar surface area (TPSA) is 0 Å². The average molecular weight is 168 g/mol. The number of rotatable bonds is 1. The Morgan fingerprint density at radius 1 is 1.23 bits per heavy atom. The van der Waals surface area contributed by atoms with E-state index in [1.807, 2.05) is 6.08 Å². The van der Waals surface area contributed by atoms with Gasteiger partial charge in [-0.1, -0.05) is 55.2 Å². The van der Waals surface area contributed by atoms with Crippen molar-refractivity contribution >= 4 is 12.2 Å². The van der Waals surface area contributed by atoms with Gasteiger partial charge in [0.1, 0.15) is 0 Å². The standard InChI is InChI=1S/C13H12/c1-3-11-5-7-12-6-4-10(2)8-13(12)9-11/h3-7,9H,1-2,8H2. The predicted octanol–water partition coefficient (Wildman–Crippen LogP) is 3.46. The zero-order valence-corrected chi connectivity index (χ0v) is 7.59. The maximum absolute atomic E-state index is 3.96. The summed E-state index contributed by atoms with van der Waals surface area (Å²) < 4.78 is 0. The summed E-state index contributed by atoms with van der Waals surface area (Å²) in [6.45, 7) is 7.71. The van der Waals surface area contributed by atoms with Crippen LogP contribution in [0.2, 0.25) is 0 Å². The van der Waals surface area contributed by atoms with Gasteiger partial charge in [-0.2, -0.15) is 0 Å². The lowest BCUT2D eigenvalue weighted by molar-refractivity contribution is 1.18. The fraction of sp³-hybridized carbons (Fsp3) is 0.0769. The summed E-state index contributed by atoms with van der Waals surface area (Å²) in [4.78, 5) is 0. The van der Waals surface area contributed by atoms with E-state index >= 15 is 0 Å². The van der Waals surface area contributed by atoms with E-state index in [1.165, 1.54) is 22.3 Å². The summed E-state index contributed by atoms with van der Waals surface area (Å²) in [6.07, 6.45) is 7.04. The Morgan fingerprint density at radius 2 is 2.08 bits per heavy atom. The molecule has 64 valence electrons. The van der Waals surface area contributed by atoms with Crippen molar-refractivity contribution in [1.29, 1.82) is 0 Å². The molecular weight excluding hydrogens is 156 g/mol. The maximum Gasteiger partial charge on any atom is -0.00255 e. The van der Waals surface area contributed by atoms with Gasteiger partial charge in [0.25, 0.3) is 0 Å². The predicted molar refractivity (Wildman–Crippen MR) is 58.4 cm³/mol. The van der Waals surface area contributed by atoms with Crippen molar-refractivity contribution in [1.82, 2.24) is 0 Å². The molecular formula is C13H12. The van der Waals surface area contributed by atoms with Gasteiger partial charge in [-0.25, -0.2) is 0 Å². The van der Waals surface area contributed by atoms with Gasteiger partial charge in [0.2, 0.25) is 0 Å². The number of hydrogen-bond acceptors (Lipinski definition) is 0. The first-order valence-electron chi connectivity index (χ1n) is 4.41. The van der Waals surface area contributed by atoms with Gasteiger partial charge in [0.15, 0.2) is 0 Å². The third-order valence-electron chi connectivity index (χ3n) is 2.32. The Morgan fingerprint density at radius 3 is 2.85 bits per heavy atom. The molecule has 1 aromatic rings. The van der Waals surface area contributed by atoms with Gasteiger partial charge in [-0.3, -0.25) is 0 Å². The molecule has 1 aliphatic carbocycles. The Labute approximate surface area is 78.9 Å². The van der Waals surface area contributed by atoms with E-state index in [2.05, 4.69) is 43.5 Å². The first kappa shape index (κ1) is 8.06. The summed E-state index contributed by atoms with van der Waals surface area (Å²) in [7, 11) is 0. The second-order valence-electron chi connectivity index (χ2n) is 3.33. The fourth-order valence-corrected chi connectivity index (χ4v) is 1.58. The molecule has 0 heterocycles. The van der Waals surface area contributed by atoms with E-state index in [1.54, 1.807) is 0 Å². The highest BCUT2D eigenvalue weighted by Gasteiger charge is 2.05. The summed E-state index contributed by atoms with van der Waals surface area (Å²) in [5.74, 6) is 0. The Balaban J connectivity index is 2.52. The first-order chi connectivity index (χ1) is 6.29. The zero-order valence-electron chi connectivity index (χ0n) is 7.59. The first-order valence-corrected chi connectivity index (χ1v) is 4.41. The molecule has 13 heavy (non-hydrogen) atoms. The molecule has 0 bridgehead atoms. The smallest absolute Gasteiger partial charge is 0.00255 e. The highest BCUT2D eigenvalue weighted by Crippen LogP contribution is 2.22. The number of fused-ring (bicyclic) bond motifs is 1. The third-order valence-corrected chi connectivity index (χ3v) is 2.32. The normalized spacial score (nSPS) is 14.0. The van der Waals surface area contributed by atoms with Crippen LogP contribution in [0.25, 0.3) is 12.2 Å². The summed E-state index contributed by atoms with van der Waals surface area (Å²) >= 11 is 0. The number of benzene rings is 1. The van der Waals surface area contributed by atoms with Gasteiger partial charge in [0.05, 0.1) is 0 Å². The summed E-state index contributed by atoms with van der Waals surface area (Å²) in [5, 5.41) is 0. The van der Waals surface area contributed by atoms with Crippen molar-refractivity contribution in [3.05, 3.63) is 59.7 Å². The van der Waals surface area contributed by atoms with Crippen molar-refractivity contribution < 1.29 is 0 Å². The molecule has 0 aliphatic heterocycles. The lowest BCUT2D eigenvalue weighted by atomic mass is 9.93. The quantitative estimate of drug-likeness (QED) is 0.602. The lowest BCUT2D eigenvalue weighted by Gasteiger charge is -2.12. The van der Waals surface area contributed by atoms with E-state index in [4.69, 9.17) is 0 Å². The largest absolute Gasteiger partial charge is 0.0985 e. The summed E-state index contributed by atoms with van der Waals surface area (Å²) in [5.41, 5.74) is 5.01. The van der Waals surface area contributed by atoms with E-state index in [9.17, 15) is 0 Å². The van der Waals surface area contributed by atoms with Crippen LogP contribution in [-0.2, 0) is 6.42 Å². The van der Waals surface area contributed by atoms with Crippen LogP contribution in [0.15, 0.2) is 43.0 Å². The highest BCUT2D eigenvalue weighted by atomic mass is 14.1. The SMILES string of the molecule is C=Cc1ccc2c(c1)CC(=C)C=C2. The molecule has 0 spiro atoms. The molecule has 1 aromatic carbocycles. The summed E-state index contributed by atoms with van der Waals surface area (Å²) in [6, 6.07) is 6.40. The molecule has 0 N–H and O–H groups in total. The number of allylic oxidation sites excluding steroid dienone is 2. The second-order valence-corrected chi connectivity index (χ2v) is 3.33. The third kappa shape index (κ3) is 1.48. The van der Waals surface area contributed by atoms with Crippen molar-refractivity contribution in [3.63, 3.8) is 0 Å². The molecule has 0 radical (unpaired) electrons. The minimum atomic E-state index is 0.966. The monoisotopic (exact) mass is 168 g/mol. The van der Waals surface area contributed by atoms with Gasteiger partial charge >= 0.3 is 0 Å². The second kappa shape index (κ2) is 3.06. The van der Waals surface area contributed by atoms with E-state index in [-0.39, 0.29) is 0 Å². The van der Waals surface area contributed by atoms with Crippen LogP contribution in [0.3, 0.4) is 0 Å². The molecule has 0 unspecified atom stereocenters. The maximum atomic E-state index is 3.96. The van der Waals surface area contributed by atoms with Crippen LogP contribution in [0.5, 0.6) is 0 Å². The van der Waals surface area contributed by atoms with Crippen molar-refractivity contribution in [2.45, 2.75) is 6.42 Å². The van der Waals surface area contributed by atoms with Crippen LogP contribution in [0.4, 0.5) is 0 Å². The van der Waals surface area contributed by atoms with Crippen molar-refractivity contribution in [2.24, 2.45) is 0 Å². The van der Waals surface area contributed by atoms with Crippen LogP contribution < -0.4 is 0 Å². The molecule has 0 aromatic heterocycles. The van der Waals surface area contributed by atoms with Gasteiger partial charge in [-0.15, -0.1) is 0 Å². The molecule has 0 saturated carbocycles. The van der Waals surface area contributed by atoms with Crippen LogP contribution in [0.1, 0.15) is 16.7 Å². The van der Waals surface area contributed by atoms with E-state index < -0.39 is 0 Å². The molecule has 0 saturated heterocycles. The van der Waals surface area contributed by atoms with E-state index in [0.29, 0.717) is 0 Å². The molecule has 0 atom stereocenters. The Kier molecular flexibility index (Phi) is 1.90. The fourth-order valence-electron chi connectivity index (χ4n) is 1.58. The molecule has 2 rings (SSSR count).